The Bertz CT molecular complexity index is 186. The van der Waals surface area contributed by atoms with Gasteiger partial charge in [0.1, 0.15) is 5.49 Å². The fourth-order valence-electron chi connectivity index (χ4n) is 0.496. The number of rotatable bonds is 2. The Labute approximate surface area is 58.9 Å². The zero-order valence-corrected chi connectivity index (χ0v) is 5.48. The molecule has 45 valence electrons. The van der Waals surface area contributed by atoms with Crippen LogP contribution < -0.4 is 5.32 Å². The van der Waals surface area contributed by atoms with E-state index in [1.807, 2.05) is 12.1 Å². The minimum atomic E-state index is 0.868. The van der Waals surface area contributed by atoms with Crippen LogP contribution in [0.5, 0.6) is 0 Å². The van der Waals surface area contributed by atoms with Crippen molar-refractivity contribution in [2.45, 2.75) is 0 Å². The van der Waals surface area contributed by atoms with E-state index in [4.69, 9.17) is 0 Å². The first-order chi connectivity index (χ1) is 4.43. The van der Waals surface area contributed by atoms with Gasteiger partial charge in [-0.3, -0.25) is 4.98 Å². The lowest BCUT2D eigenvalue weighted by Gasteiger charge is -1.93. The number of thiocarbonyl (C=S) groups is 1. The van der Waals surface area contributed by atoms with E-state index in [1.54, 1.807) is 12.4 Å². The quantitative estimate of drug-likeness (QED) is 0.491. The van der Waals surface area contributed by atoms with Crippen molar-refractivity contribution in [3.8, 4) is 0 Å². The molecular formula is C6H5N2S. The van der Waals surface area contributed by atoms with E-state index >= 15 is 0 Å². The molecule has 0 bridgehead atoms. The van der Waals surface area contributed by atoms with Gasteiger partial charge in [0.2, 0.25) is 0 Å². The minimum absolute atomic E-state index is 0.868. The summed E-state index contributed by atoms with van der Waals surface area (Å²) in [4.78, 5) is 3.85. The molecule has 0 saturated heterocycles. The first-order valence-corrected chi connectivity index (χ1v) is 2.87. The second-order valence-electron chi connectivity index (χ2n) is 1.47. The maximum absolute atomic E-state index is 4.45. The van der Waals surface area contributed by atoms with Gasteiger partial charge >= 0.3 is 0 Å². The Hall–Kier alpha value is -0.960. The topological polar surface area (TPSA) is 24.9 Å². The van der Waals surface area contributed by atoms with E-state index in [1.165, 1.54) is 0 Å². The van der Waals surface area contributed by atoms with Gasteiger partial charge in [-0.05, 0) is 12.1 Å². The van der Waals surface area contributed by atoms with Gasteiger partial charge in [-0.2, -0.15) is 0 Å². The van der Waals surface area contributed by atoms with Crippen LogP contribution in [0.25, 0.3) is 0 Å². The van der Waals surface area contributed by atoms with Crippen molar-refractivity contribution in [2.24, 2.45) is 0 Å². The largest absolute Gasteiger partial charge is 0.343 e. The molecule has 0 aliphatic rings. The molecule has 0 amide bonds. The molecule has 1 N–H and O–H groups in total. The zero-order valence-electron chi connectivity index (χ0n) is 4.66. The molecule has 1 aromatic heterocycles. The van der Waals surface area contributed by atoms with E-state index in [0.29, 0.717) is 0 Å². The van der Waals surface area contributed by atoms with Crippen LogP contribution in [0.2, 0.25) is 0 Å². The van der Waals surface area contributed by atoms with E-state index < -0.39 is 0 Å². The number of nitrogens with one attached hydrogen (secondary N) is 1. The van der Waals surface area contributed by atoms with Crippen LogP contribution in [0.3, 0.4) is 0 Å². The first-order valence-electron chi connectivity index (χ1n) is 2.46. The summed E-state index contributed by atoms with van der Waals surface area (Å²) >= 11 is 4.45. The van der Waals surface area contributed by atoms with Crippen molar-refractivity contribution >= 4 is 23.4 Å². The van der Waals surface area contributed by atoms with Crippen molar-refractivity contribution in [3.05, 3.63) is 24.5 Å². The third-order valence-electron chi connectivity index (χ3n) is 0.857. The average molecular weight is 137 g/mol. The Morgan fingerprint density at radius 3 is 3.11 bits per heavy atom. The number of anilines is 1. The number of aromatic nitrogens is 1. The molecule has 0 saturated carbocycles. The molecular weight excluding hydrogens is 132 g/mol. The predicted octanol–water partition coefficient (Wildman–Crippen LogP) is 1.33. The normalized spacial score (nSPS) is 8.44. The van der Waals surface area contributed by atoms with Crippen LogP contribution in [0.4, 0.5) is 5.69 Å². The molecule has 0 aromatic carbocycles. The highest BCUT2D eigenvalue weighted by Gasteiger charge is 1.82. The van der Waals surface area contributed by atoms with Crippen LogP contribution in [-0.4, -0.2) is 10.5 Å². The Morgan fingerprint density at radius 1 is 1.67 bits per heavy atom. The summed E-state index contributed by atoms with van der Waals surface area (Å²) in [6.45, 7) is 0. The van der Waals surface area contributed by atoms with E-state index in [-0.39, 0.29) is 0 Å². The lowest BCUT2D eigenvalue weighted by atomic mass is 10.4. The third-order valence-corrected chi connectivity index (χ3v) is 0.959. The zero-order chi connectivity index (χ0) is 6.53. The third kappa shape index (κ3) is 1.77. The molecule has 0 fully saturated rings. The van der Waals surface area contributed by atoms with Gasteiger partial charge in [-0.1, -0.05) is 12.2 Å². The van der Waals surface area contributed by atoms with Crippen molar-refractivity contribution < 1.29 is 0 Å². The monoisotopic (exact) mass is 137 g/mol. The molecule has 2 nitrogen and oxygen atoms in total. The van der Waals surface area contributed by atoms with Crippen molar-refractivity contribution in [1.29, 1.82) is 0 Å². The van der Waals surface area contributed by atoms with Crippen LogP contribution in [0.1, 0.15) is 0 Å². The molecule has 0 aliphatic heterocycles. The fourth-order valence-corrected chi connectivity index (χ4v) is 0.613. The molecule has 0 unspecified atom stereocenters. The Kier molecular flexibility index (Phi) is 2.15. The predicted molar refractivity (Wildman–Crippen MR) is 40.5 cm³/mol. The highest BCUT2D eigenvalue weighted by atomic mass is 32.1. The second kappa shape index (κ2) is 3.14. The van der Waals surface area contributed by atoms with Crippen molar-refractivity contribution in [2.75, 3.05) is 5.32 Å². The van der Waals surface area contributed by atoms with Crippen molar-refractivity contribution in [1.82, 2.24) is 4.98 Å². The summed E-state index contributed by atoms with van der Waals surface area (Å²) in [5.74, 6) is 0. The molecule has 0 aliphatic carbocycles. The van der Waals surface area contributed by atoms with E-state index in [2.05, 4.69) is 28.0 Å². The summed E-state index contributed by atoms with van der Waals surface area (Å²) in [7, 11) is 0. The smallest absolute Gasteiger partial charge is 0.138 e. The van der Waals surface area contributed by atoms with Crippen LogP contribution in [0.15, 0.2) is 24.5 Å². The lowest BCUT2D eigenvalue weighted by molar-refractivity contribution is 1.33. The summed E-state index contributed by atoms with van der Waals surface area (Å²) in [6.07, 6.45) is 3.38. The molecule has 1 rings (SSSR count). The summed E-state index contributed by atoms with van der Waals surface area (Å²) in [5.41, 5.74) is 3.25. The maximum Gasteiger partial charge on any atom is 0.138 e. The van der Waals surface area contributed by atoms with Crippen LogP contribution in [-0.2, 0) is 0 Å². The molecule has 0 spiro atoms. The van der Waals surface area contributed by atoms with Gasteiger partial charge < -0.3 is 5.32 Å². The number of pyridine rings is 1. The SMILES string of the molecule is S=[C]Nc1cccnc1. The molecule has 3 heteroatoms. The molecule has 1 radical (unpaired) electrons. The van der Waals surface area contributed by atoms with Gasteiger partial charge in [-0.25, -0.2) is 0 Å². The number of nitrogens with zero attached hydrogens (tertiary/aromatic N) is 1. The average Bonchev–Trinajstić information content (AvgIpc) is 1.91. The molecule has 1 aromatic rings. The highest BCUT2D eigenvalue weighted by molar-refractivity contribution is 7.79. The maximum atomic E-state index is 4.45. The minimum Gasteiger partial charge on any atom is -0.343 e. The summed E-state index contributed by atoms with van der Waals surface area (Å²) in [6, 6.07) is 3.70. The first kappa shape index (κ1) is 6.16. The number of hydrogen-bond donors (Lipinski definition) is 1. The van der Waals surface area contributed by atoms with Crippen molar-refractivity contribution in [3.63, 3.8) is 0 Å². The lowest BCUT2D eigenvalue weighted by Crippen LogP contribution is -1.90. The summed E-state index contributed by atoms with van der Waals surface area (Å²) in [5, 5.41) is 2.71. The van der Waals surface area contributed by atoms with E-state index in [0.717, 1.165) is 5.69 Å². The Morgan fingerprint density at radius 2 is 2.56 bits per heavy atom. The van der Waals surface area contributed by atoms with Gasteiger partial charge in [0.05, 0.1) is 11.9 Å². The number of hydrogen-bond acceptors (Lipinski definition) is 2. The molecule has 1 heterocycles. The van der Waals surface area contributed by atoms with E-state index in [9.17, 15) is 0 Å². The standard InChI is InChI=1S/C6H5N2S/c9-5-8-6-2-1-3-7-4-6/h1-4H,(H,8,9). The van der Waals surface area contributed by atoms with Gasteiger partial charge in [0, 0.05) is 6.20 Å². The van der Waals surface area contributed by atoms with Crippen LogP contribution in [0, 0.1) is 0 Å². The summed E-state index contributed by atoms with van der Waals surface area (Å²) < 4.78 is 0. The highest BCUT2D eigenvalue weighted by Crippen LogP contribution is 1.99. The molecule has 0 atom stereocenters. The molecule has 9 heavy (non-hydrogen) atoms. The fraction of sp³-hybridized carbons (Fsp3) is 0. The van der Waals surface area contributed by atoms with Gasteiger partial charge in [0.25, 0.3) is 0 Å². The Balaban J connectivity index is 2.72. The second-order valence-corrected chi connectivity index (χ2v) is 1.67. The van der Waals surface area contributed by atoms with Gasteiger partial charge in [-0.15, -0.1) is 0 Å². The van der Waals surface area contributed by atoms with Crippen LogP contribution >= 0.6 is 12.2 Å². The van der Waals surface area contributed by atoms with Gasteiger partial charge in [0.15, 0.2) is 0 Å².